The molecule has 0 saturated heterocycles. The molecule has 4 heteroatoms. The van der Waals surface area contributed by atoms with Crippen molar-refractivity contribution < 1.29 is 44.2 Å². The molecule has 0 aliphatic rings. The van der Waals surface area contributed by atoms with E-state index < -0.39 is 6.16 Å². The summed E-state index contributed by atoms with van der Waals surface area (Å²) in [6.45, 7) is 4.48. The van der Waals surface area contributed by atoms with Crippen LogP contribution in [0.1, 0.15) is 115 Å². The maximum atomic E-state index is 11.0. The van der Waals surface area contributed by atoms with Crippen molar-refractivity contribution in [3.63, 3.8) is 0 Å². The number of hydrogen-bond acceptors (Lipinski definition) is 3. The summed E-state index contributed by atoms with van der Waals surface area (Å²) in [6.07, 6.45) is 18.2. The zero-order chi connectivity index (χ0) is 20.5. The van der Waals surface area contributed by atoms with Crippen LogP contribution in [0.4, 0.5) is 4.79 Å². The predicted molar refractivity (Wildman–Crippen MR) is 116 cm³/mol. The van der Waals surface area contributed by atoms with E-state index in [2.05, 4.69) is 19.9 Å². The molecule has 1 aromatic rings. The predicted octanol–water partition coefficient (Wildman–Crippen LogP) is 4.00. The Balaban J connectivity index is 0.00000784. The van der Waals surface area contributed by atoms with Crippen molar-refractivity contribution in [3.05, 3.63) is 29.3 Å². The van der Waals surface area contributed by atoms with Crippen LogP contribution >= 0.6 is 0 Å². The molecule has 1 rings (SSSR count). The molecule has 160 valence electrons. The second kappa shape index (κ2) is 19.5. The van der Waals surface area contributed by atoms with Crippen LogP contribution in [0.25, 0.3) is 0 Å². The fourth-order valence-electron chi connectivity index (χ4n) is 3.85. The molecule has 0 saturated carbocycles. The third-order valence-electron chi connectivity index (χ3n) is 5.50. The van der Waals surface area contributed by atoms with E-state index in [0.717, 1.165) is 31.2 Å². The molecule has 0 radical (unpaired) electrons. The van der Waals surface area contributed by atoms with Crippen LogP contribution in [0.15, 0.2) is 18.2 Å². The number of benzene rings is 1. The molecule has 0 aliphatic carbocycles. The number of aryl methyl sites for hydroxylation is 1. The molecule has 1 aromatic carbocycles. The Labute approximate surface area is 201 Å². The largest absolute Gasteiger partial charge is 1.00 e. The minimum atomic E-state index is -1.46. The van der Waals surface area contributed by atoms with Crippen LogP contribution in [0.2, 0.25) is 0 Å². The number of hydrogen-bond donors (Lipinski definition) is 0. The average molecular weight is 413 g/mol. The Hall–Kier alpha value is -0.510. The molecule has 0 unspecified atom stereocenters. The first-order valence-corrected chi connectivity index (χ1v) is 11.7. The van der Waals surface area contributed by atoms with E-state index in [9.17, 15) is 9.90 Å². The number of carbonyl (C=O) groups excluding carboxylic acids is 1. The summed E-state index contributed by atoms with van der Waals surface area (Å²) in [5.74, 6) is 0.478. The molecule has 0 heterocycles. The monoisotopic (exact) mass is 412 g/mol. The fourth-order valence-corrected chi connectivity index (χ4v) is 3.85. The molecule has 0 atom stereocenters. The van der Waals surface area contributed by atoms with Gasteiger partial charge in [-0.2, -0.15) is 0 Å². The SMILES string of the molecule is CCCCCCCCCc1cccc(OC(=O)[O-])c1CCCCCCCCC.[Na+]. The molecule has 0 aliphatic heterocycles. The van der Waals surface area contributed by atoms with Gasteiger partial charge in [0.05, 0.1) is 5.75 Å². The van der Waals surface area contributed by atoms with Gasteiger partial charge in [-0.3, -0.25) is 0 Å². The van der Waals surface area contributed by atoms with E-state index >= 15 is 0 Å². The molecule has 0 fully saturated rings. The van der Waals surface area contributed by atoms with Crippen LogP contribution in [0.5, 0.6) is 5.75 Å². The first-order chi connectivity index (χ1) is 13.7. The van der Waals surface area contributed by atoms with Gasteiger partial charge in [0, 0.05) is 0 Å². The number of carbonyl (C=O) groups is 1. The van der Waals surface area contributed by atoms with Crippen LogP contribution < -0.4 is 39.4 Å². The van der Waals surface area contributed by atoms with Crippen molar-refractivity contribution in [1.29, 1.82) is 0 Å². The molecule has 0 aromatic heterocycles. The molecule has 0 N–H and O–H groups in total. The Kier molecular flexibility index (Phi) is 19.1. The van der Waals surface area contributed by atoms with E-state index in [0.29, 0.717) is 5.75 Å². The van der Waals surface area contributed by atoms with Crippen molar-refractivity contribution in [2.24, 2.45) is 0 Å². The van der Waals surface area contributed by atoms with E-state index in [1.807, 2.05) is 6.07 Å². The fraction of sp³-hybridized carbons (Fsp3) is 0.720. The number of ether oxygens (including phenoxy) is 1. The van der Waals surface area contributed by atoms with Gasteiger partial charge in [-0.1, -0.05) is 103 Å². The summed E-state index contributed by atoms with van der Waals surface area (Å²) in [7, 11) is 0. The second-order valence-corrected chi connectivity index (χ2v) is 7.99. The smallest absolute Gasteiger partial charge is 0.514 e. The van der Waals surface area contributed by atoms with Crippen molar-refractivity contribution in [2.75, 3.05) is 0 Å². The van der Waals surface area contributed by atoms with Crippen molar-refractivity contribution in [1.82, 2.24) is 0 Å². The van der Waals surface area contributed by atoms with Gasteiger partial charge in [-0.05, 0) is 42.9 Å². The maximum Gasteiger partial charge on any atom is 1.00 e. The van der Waals surface area contributed by atoms with Gasteiger partial charge in [0.25, 0.3) is 6.16 Å². The Morgan fingerprint density at radius 1 is 0.759 bits per heavy atom. The molecular weight excluding hydrogens is 371 g/mol. The summed E-state index contributed by atoms with van der Waals surface area (Å²) < 4.78 is 4.97. The molecule has 0 amide bonds. The van der Waals surface area contributed by atoms with E-state index in [1.54, 1.807) is 6.07 Å². The first-order valence-electron chi connectivity index (χ1n) is 11.7. The topological polar surface area (TPSA) is 49.4 Å². The van der Waals surface area contributed by atoms with Crippen LogP contribution in [0.3, 0.4) is 0 Å². The zero-order valence-corrected chi connectivity index (χ0v) is 21.3. The number of rotatable bonds is 17. The van der Waals surface area contributed by atoms with Gasteiger partial charge in [0.15, 0.2) is 0 Å². The quantitative estimate of drug-likeness (QED) is 0.168. The van der Waals surface area contributed by atoms with Gasteiger partial charge in [-0.25, -0.2) is 0 Å². The third kappa shape index (κ3) is 14.2. The summed E-state index contributed by atoms with van der Waals surface area (Å²) in [5.41, 5.74) is 2.32. The van der Waals surface area contributed by atoms with Gasteiger partial charge in [0.2, 0.25) is 0 Å². The Bertz CT molecular complexity index is 531. The van der Waals surface area contributed by atoms with Crippen molar-refractivity contribution in [3.8, 4) is 5.75 Å². The van der Waals surface area contributed by atoms with Crippen LogP contribution in [-0.2, 0) is 12.8 Å². The summed E-state index contributed by atoms with van der Waals surface area (Å²) in [6, 6.07) is 5.81. The minimum absolute atomic E-state index is 0. The van der Waals surface area contributed by atoms with Crippen molar-refractivity contribution >= 4 is 6.16 Å². The maximum absolute atomic E-state index is 11.0. The van der Waals surface area contributed by atoms with E-state index in [4.69, 9.17) is 4.74 Å². The summed E-state index contributed by atoms with van der Waals surface area (Å²) >= 11 is 0. The Morgan fingerprint density at radius 3 is 1.76 bits per heavy atom. The van der Waals surface area contributed by atoms with Gasteiger partial charge in [-0.15, -0.1) is 0 Å². The van der Waals surface area contributed by atoms with Gasteiger partial charge in [0.1, 0.15) is 0 Å². The molecule has 0 bridgehead atoms. The van der Waals surface area contributed by atoms with Crippen LogP contribution in [0, 0.1) is 0 Å². The first kappa shape index (κ1) is 28.5. The van der Waals surface area contributed by atoms with E-state index in [-0.39, 0.29) is 29.6 Å². The third-order valence-corrected chi connectivity index (χ3v) is 5.50. The van der Waals surface area contributed by atoms with Crippen molar-refractivity contribution in [2.45, 2.75) is 117 Å². The molecule has 3 nitrogen and oxygen atoms in total. The average Bonchev–Trinajstić information content (AvgIpc) is 2.67. The number of carboxylic acid groups (broad SMARTS) is 1. The normalized spacial score (nSPS) is 10.6. The standard InChI is InChI=1S/C25H42O3.Na/c1-3-5-7-9-11-13-15-18-22-19-17-21-24(28-25(26)27)23(22)20-16-14-12-10-8-6-4-2;/h17,19,21H,3-16,18,20H2,1-2H3,(H,26,27);/q;+1/p-1. The summed E-state index contributed by atoms with van der Waals surface area (Å²) in [5, 5.41) is 11.0. The zero-order valence-electron chi connectivity index (χ0n) is 19.3. The number of unbranched alkanes of at least 4 members (excludes halogenated alkanes) is 12. The molecule has 0 spiro atoms. The Morgan fingerprint density at radius 2 is 1.24 bits per heavy atom. The second-order valence-electron chi connectivity index (χ2n) is 7.99. The molecule has 29 heavy (non-hydrogen) atoms. The van der Waals surface area contributed by atoms with Crippen LogP contribution in [-0.4, -0.2) is 6.16 Å². The molecular formula is C25H41NaO3. The van der Waals surface area contributed by atoms with E-state index in [1.165, 1.54) is 82.6 Å². The summed E-state index contributed by atoms with van der Waals surface area (Å²) in [4.78, 5) is 11.0. The van der Waals surface area contributed by atoms with Gasteiger partial charge >= 0.3 is 29.6 Å². The minimum Gasteiger partial charge on any atom is -0.514 e. The van der Waals surface area contributed by atoms with Gasteiger partial charge < -0.3 is 14.6 Å².